The van der Waals surface area contributed by atoms with Crippen LogP contribution in [0.4, 0.5) is 5.69 Å². The van der Waals surface area contributed by atoms with Crippen LogP contribution in [0.1, 0.15) is 30.2 Å². The second kappa shape index (κ2) is 6.96. The van der Waals surface area contributed by atoms with Crippen LogP contribution < -0.4 is 5.73 Å². The van der Waals surface area contributed by atoms with Crippen LogP contribution in [0.25, 0.3) is 0 Å². The first-order chi connectivity index (χ1) is 10.0. The van der Waals surface area contributed by atoms with Crippen molar-refractivity contribution in [3.63, 3.8) is 0 Å². The number of hydrogen-bond acceptors (Lipinski definition) is 3. The second-order valence-electron chi connectivity index (χ2n) is 5.39. The highest BCUT2D eigenvalue weighted by Gasteiger charge is 2.15. The van der Waals surface area contributed by atoms with Gasteiger partial charge in [0.2, 0.25) is 0 Å². The summed E-state index contributed by atoms with van der Waals surface area (Å²) in [5.41, 5.74) is 10.1. The molecule has 0 fully saturated rings. The Hall–Kier alpha value is -1.52. The van der Waals surface area contributed by atoms with E-state index in [9.17, 15) is 0 Å². The molecular formula is C16H23ClN4. The van der Waals surface area contributed by atoms with E-state index in [0.29, 0.717) is 0 Å². The summed E-state index contributed by atoms with van der Waals surface area (Å²) in [6, 6.07) is 8.01. The van der Waals surface area contributed by atoms with E-state index in [-0.39, 0.29) is 0 Å². The number of nitrogens with two attached hydrogens (primary N) is 1. The fourth-order valence-electron chi connectivity index (χ4n) is 2.53. The van der Waals surface area contributed by atoms with Gasteiger partial charge >= 0.3 is 0 Å². The highest BCUT2D eigenvalue weighted by atomic mass is 35.5. The van der Waals surface area contributed by atoms with Crippen molar-refractivity contribution in [2.24, 2.45) is 7.05 Å². The van der Waals surface area contributed by atoms with Crippen LogP contribution in [-0.2, 0) is 20.1 Å². The monoisotopic (exact) mass is 306 g/mol. The molecule has 0 unspecified atom stereocenters. The molecule has 21 heavy (non-hydrogen) atoms. The van der Waals surface area contributed by atoms with Crippen molar-refractivity contribution in [2.45, 2.75) is 33.4 Å². The Bertz CT molecular complexity index is 606. The predicted octanol–water partition coefficient (Wildman–Crippen LogP) is 3.38. The van der Waals surface area contributed by atoms with Gasteiger partial charge in [-0.3, -0.25) is 9.58 Å². The first kappa shape index (κ1) is 15.9. The molecule has 0 aliphatic carbocycles. The van der Waals surface area contributed by atoms with E-state index in [1.54, 1.807) is 4.68 Å². The summed E-state index contributed by atoms with van der Waals surface area (Å²) in [6.07, 6.45) is 1.09. The number of halogens is 1. The van der Waals surface area contributed by atoms with Gasteiger partial charge in [-0.1, -0.05) is 36.7 Å². The molecular weight excluding hydrogens is 284 g/mol. The van der Waals surface area contributed by atoms with E-state index in [2.05, 4.69) is 23.0 Å². The number of anilines is 1. The lowest BCUT2D eigenvalue weighted by Crippen LogP contribution is -2.24. The fraction of sp³-hybridized carbons (Fsp3) is 0.438. The summed E-state index contributed by atoms with van der Waals surface area (Å²) >= 11 is 6.34. The molecule has 114 valence electrons. The van der Waals surface area contributed by atoms with Crippen LogP contribution in [-0.4, -0.2) is 21.2 Å². The van der Waals surface area contributed by atoms with Gasteiger partial charge in [0.1, 0.15) is 5.15 Å². The molecule has 2 aromatic rings. The summed E-state index contributed by atoms with van der Waals surface area (Å²) in [6.45, 7) is 6.80. The first-order valence-corrected chi connectivity index (χ1v) is 7.64. The first-order valence-electron chi connectivity index (χ1n) is 7.26. The summed E-state index contributed by atoms with van der Waals surface area (Å²) in [5, 5.41) is 5.10. The van der Waals surface area contributed by atoms with E-state index in [1.165, 1.54) is 0 Å². The Morgan fingerprint density at radius 2 is 2.00 bits per heavy atom. The molecule has 4 nitrogen and oxygen atoms in total. The number of nitrogens with zero attached hydrogens (tertiary/aromatic N) is 3. The van der Waals surface area contributed by atoms with Gasteiger partial charge in [0.15, 0.2) is 0 Å². The number of hydrogen-bond donors (Lipinski definition) is 1. The maximum absolute atomic E-state index is 6.34. The molecule has 0 saturated carbocycles. The summed E-state index contributed by atoms with van der Waals surface area (Å²) in [4.78, 5) is 2.36. The number of para-hydroxylation sites is 1. The minimum absolute atomic E-state index is 0.717. The minimum atomic E-state index is 0.717. The van der Waals surface area contributed by atoms with Crippen molar-refractivity contribution in [1.29, 1.82) is 0 Å². The van der Waals surface area contributed by atoms with Gasteiger partial charge in [-0.2, -0.15) is 5.10 Å². The van der Waals surface area contributed by atoms with E-state index in [0.717, 1.165) is 53.7 Å². The van der Waals surface area contributed by atoms with Crippen molar-refractivity contribution in [2.75, 3.05) is 12.3 Å². The van der Waals surface area contributed by atoms with E-state index in [4.69, 9.17) is 17.3 Å². The summed E-state index contributed by atoms with van der Waals surface area (Å²) in [5.74, 6) is 0. The molecule has 0 radical (unpaired) electrons. The third-order valence-electron chi connectivity index (χ3n) is 3.64. The molecule has 1 aromatic carbocycles. The van der Waals surface area contributed by atoms with Gasteiger partial charge < -0.3 is 5.73 Å². The number of rotatable bonds is 6. The molecule has 1 aromatic heterocycles. The number of benzene rings is 1. The van der Waals surface area contributed by atoms with Gasteiger partial charge in [-0.15, -0.1) is 0 Å². The number of nitrogen functional groups attached to an aromatic ring is 1. The third kappa shape index (κ3) is 3.77. The molecule has 2 rings (SSSR count). The topological polar surface area (TPSA) is 47.1 Å². The van der Waals surface area contributed by atoms with E-state index in [1.807, 2.05) is 32.2 Å². The van der Waals surface area contributed by atoms with E-state index >= 15 is 0 Å². The lowest BCUT2D eigenvalue weighted by atomic mass is 10.1. The number of aromatic nitrogens is 2. The lowest BCUT2D eigenvalue weighted by Gasteiger charge is -2.22. The zero-order valence-corrected chi connectivity index (χ0v) is 13.7. The largest absolute Gasteiger partial charge is 0.398 e. The minimum Gasteiger partial charge on any atom is -0.398 e. The lowest BCUT2D eigenvalue weighted by molar-refractivity contribution is 0.257. The second-order valence-corrected chi connectivity index (χ2v) is 5.75. The molecule has 5 heteroatoms. The van der Waals surface area contributed by atoms with Crippen LogP contribution >= 0.6 is 11.6 Å². The van der Waals surface area contributed by atoms with E-state index < -0.39 is 0 Å². The SMILES string of the molecule is CCCN(Cc1ccccc1N)Cc1c(C)nn(C)c1Cl. The Balaban J connectivity index is 2.18. The van der Waals surface area contributed by atoms with Gasteiger partial charge in [0.25, 0.3) is 0 Å². The molecule has 0 aliphatic rings. The van der Waals surface area contributed by atoms with Crippen LogP contribution in [0.5, 0.6) is 0 Å². The van der Waals surface area contributed by atoms with Gasteiger partial charge in [-0.25, -0.2) is 0 Å². The highest BCUT2D eigenvalue weighted by molar-refractivity contribution is 6.30. The molecule has 1 heterocycles. The standard InChI is InChI=1S/C16H23ClN4/c1-4-9-21(10-13-7-5-6-8-15(13)18)11-14-12(2)19-20(3)16(14)17/h5-8H,4,9-11,18H2,1-3H3. The molecule has 0 saturated heterocycles. The van der Waals surface area contributed by atoms with Crippen LogP contribution in [0.15, 0.2) is 24.3 Å². The predicted molar refractivity (Wildman–Crippen MR) is 88.2 cm³/mol. The van der Waals surface area contributed by atoms with Crippen molar-refractivity contribution in [3.8, 4) is 0 Å². The zero-order chi connectivity index (χ0) is 15.4. The Kier molecular flexibility index (Phi) is 5.26. The van der Waals surface area contributed by atoms with Crippen LogP contribution in [0, 0.1) is 6.92 Å². The number of aryl methyl sites for hydroxylation is 2. The fourth-order valence-corrected chi connectivity index (χ4v) is 2.76. The Labute approximate surface area is 131 Å². The van der Waals surface area contributed by atoms with Crippen molar-refractivity contribution >= 4 is 17.3 Å². The molecule has 0 amide bonds. The highest BCUT2D eigenvalue weighted by Crippen LogP contribution is 2.22. The maximum Gasteiger partial charge on any atom is 0.131 e. The maximum atomic E-state index is 6.34. The zero-order valence-electron chi connectivity index (χ0n) is 12.9. The van der Waals surface area contributed by atoms with Crippen LogP contribution in [0.3, 0.4) is 0 Å². The van der Waals surface area contributed by atoms with Crippen molar-refractivity contribution in [1.82, 2.24) is 14.7 Å². The summed E-state index contributed by atoms with van der Waals surface area (Å²) in [7, 11) is 1.87. The third-order valence-corrected chi connectivity index (χ3v) is 4.11. The van der Waals surface area contributed by atoms with Crippen molar-refractivity contribution in [3.05, 3.63) is 46.2 Å². The van der Waals surface area contributed by atoms with Gasteiger partial charge in [-0.05, 0) is 31.5 Å². The quantitative estimate of drug-likeness (QED) is 0.832. The normalized spacial score (nSPS) is 11.3. The average molecular weight is 307 g/mol. The Morgan fingerprint density at radius 3 is 2.57 bits per heavy atom. The molecule has 2 N–H and O–H groups in total. The molecule has 0 spiro atoms. The van der Waals surface area contributed by atoms with Gasteiger partial charge in [0, 0.05) is 31.4 Å². The Morgan fingerprint density at radius 1 is 1.29 bits per heavy atom. The van der Waals surface area contributed by atoms with Gasteiger partial charge in [0.05, 0.1) is 5.69 Å². The van der Waals surface area contributed by atoms with Crippen LogP contribution in [0.2, 0.25) is 5.15 Å². The average Bonchev–Trinajstić information content (AvgIpc) is 2.68. The molecule has 0 bridgehead atoms. The van der Waals surface area contributed by atoms with Crippen molar-refractivity contribution < 1.29 is 0 Å². The molecule has 0 aliphatic heterocycles. The smallest absolute Gasteiger partial charge is 0.131 e. The summed E-state index contributed by atoms with van der Waals surface area (Å²) < 4.78 is 1.73. The molecule has 0 atom stereocenters.